The van der Waals surface area contributed by atoms with Gasteiger partial charge in [0.25, 0.3) is 0 Å². The van der Waals surface area contributed by atoms with Crippen LogP contribution >= 0.6 is 55.1 Å². The number of fused-ring (bicyclic) bond motifs is 3. The fourth-order valence-electron chi connectivity index (χ4n) is 4.80. The Bertz CT molecular complexity index is 1300. The van der Waals surface area contributed by atoms with Gasteiger partial charge in [0.2, 0.25) is 0 Å². The second-order valence-corrected chi connectivity index (χ2v) is 11.0. The van der Waals surface area contributed by atoms with E-state index in [0.717, 1.165) is 32.1 Å². The van der Waals surface area contributed by atoms with Gasteiger partial charge in [-0.1, -0.05) is 57.4 Å². The number of allylic oxidation sites excluding steroid dienone is 2. The van der Waals surface area contributed by atoms with Crippen LogP contribution < -0.4 is 14.8 Å². The third kappa shape index (κ3) is 4.46. The maximum Gasteiger partial charge on any atom is 0.175 e. The van der Waals surface area contributed by atoms with Crippen molar-refractivity contribution in [2.45, 2.75) is 25.0 Å². The Hall–Kier alpha value is -1.73. The molecule has 0 unspecified atom stereocenters. The Balaban J connectivity index is 1.46. The molecule has 3 aromatic carbocycles. The molecule has 0 spiro atoms. The molecule has 1 N–H and O–H groups in total. The molecule has 0 radical (unpaired) electrons. The summed E-state index contributed by atoms with van der Waals surface area (Å²) in [4.78, 5) is 0. The van der Waals surface area contributed by atoms with Crippen molar-refractivity contribution in [3.63, 3.8) is 0 Å². The van der Waals surface area contributed by atoms with E-state index in [1.165, 1.54) is 6.07 Å². The Kier molecular flexibility index (Phi) is 6.86. The molecule has 0 fully saturated rings. The maximum atomic E-state index is 14.9. The number of nitrogens with one attached hydrogen (secondary N) is 1. The van der Waals surface area contributed by atoms with Crippen LogP contribution in [0.2, 0.25) is 10.0 Å². The number of ether oxygens (including phenoxy) is 2. The highest BCUT2D eigenvalue weighted by Gasteiger charge is 2.39. The summed E-state index contributed by atoms with van der Waals surface area (Å²) in [5.41, 5.74) is 3.42. The molecule has 8 heteroatoms. The lowest BCUT2D eigenvalue weighted by Crippen LogP contribution is -2.29. The molecule has 3 nitrogen and oxygen atoms in total. The van der Waals surface area contributed by atoms with Crippen molar-refractivity contribution in [3.8, 4) is 11.5 Å². The normalized spacial score (nSPS) is 20.5. The molecule has 1 heterocycles. The van der Waals surface area contributed by atoms with E-state index in [9.17, 15) is 4.39 Å². The summed E-state index contributed by atoms with van der Waals surface area (Å²) in [7, 11) is 1.61. The van der Waals surface area contributed by atoms with E-state index in [4.69, 9.17) is 32.7 Å². The van der Waals surface area contributed by atoms with Crippen LogP contribution in [0.15, 0.2) is 63.6 Å². The van der Waals surface area contributed by atoms with E-state index in [0.29, 0.717) is 33.8 Å². The standard InChI is InChI=1S/C26H20Br2Cl2FNO2/c1-33-23-9-14(8-19(28)26(23)34-12-13-5-6-20(29)21(30)7-13)24-17-4-2-3-16(17)18-10-15(27)11-22(31)25(18)32-24/h2-3,5-11,16-17,24,32H,4,12H2,1H3/t16-,17-,24+/m1/s1. The summed E-state index contributed by atoms with van der Waals surface area (Å²) in [5, 5.41) is 4.44. The molecule has 0 saturated heterocycles. The van der Waals surface area contributed by atoms with Crippen molar-refractivity contribution >= 4 is 60.7 Å². The highest BCUT2D eigenvalue weighted by Crippen LogP contribution is 2.52. The Morgan fingerprint density at radius 3 is 2.68 bits per heavy atom. The van der Waals surface area contributed by atoms with Crippen LogP contribution in [-0.2, 0) is 6.61 Å². The van der Waals surface area contributed by atoms with Gasteiger partial charge in [0.1, 0.15) is 12.4 Å². The minimum atomic E-state index is -0.263. The molecule has 1 aliphatic carbocycles. The van der Waals surface area contributed by atoms with Crippen LogP contribution in [0, 0.1) is 11.7 Å². The third-order valence-corrected chi connectivity index (χ3v) is 8.15. The predicted molar refractivity (Wildman–Crippen MR) is 142 cm³/mol. The number of benzene rings is 3. The van der Waals surface area contributed by atoms with Gasteiger partial charge in [-0.25, -0.2) is 4.39 Å². The second kappa shape index (κ2) is 9.73. The molecule has 3 aromatic rings. The smallest absolute Gasteiger partial charge is 0.175 e. The Labute approximate surface area is 224 Å². The first-order valence-electron chi connectivity index (χ1n) is 10.7. The zero-order valence-electron chi connectivity index (χ0n) is 18.0. The van der Waals surface area contributed by atoms with E-state index in [1.807, 2.05) is 24.3 Å². The van der Waals surface area contributed by atoms with Gasteiger partial charge >= 0.3 is 0 Å². The van der Waals surface area contributed by atoms with Crippen molar-refractivity contribution in [2.75, 3.05) is 12.4 Å². The number of hydrogen-bond acceptors (Lipinski definition) is 3. The maximum absolute atomic E-state index is 14.9. The molecule has 2 aliphatic rings. The van der Waals surface area contributed by atoms with Crippen LogP contribution in [0.3, 0.4) is 0 Å². The van der Waals surface area contributed by atoms with E-state index in [1.54, 1.807) is 19.2 Å². The summed E-state index contributed by atoms with van der Waals surface area (Å²) in [6.07, 6.45) is 5.27. The van der Waals surface area contributed by atoms with E-state index in [2.05, 4.69) is 49.3 Å². The quantitative estimate of drug-likeness (QED) is 0.286. The molecule has 0 aromatic heterocycles. The molecule has 1 aliphatic heterocycles. The fourth-order valence-corrected chi connectivity index (χ4v) is 6.14. The molecule has 0 bridgehead atoms. The second-order valence-electron chi connectivity index (χ2n) is 8.40. The van der Waals surface area contributed by atoms with Gasteiger partial charge in [-0.3, -0.25) is 0 Å². The zero-order chi connectivity index (χ0) is 24.0. The largest absolute Gasteiger partial charge is 0.493 e. The van der Waals surface area contributed by atoms with E-state index in [-0.39, 0.29) is 23.7 Å². The summed E-state index contributed by atoms with van der Waals surface area (Å²) in [5.74, 6) is 1.32. The van der Waals surface area contributed by atoms with Crippen LogP contribution in [0.4, 0.5) is 10.1 Å². The van der Waals surface area contributed by atoms with Crippen molar-refractivity contribution in [1.29, 1.82) is 0 Å². The first kappa shape index (κ1) is 24.0. The molecule has 3 atom stereocenters. The monoisotopic (exact) mass is 625 g/mol. The van der Waals surface area contributed by atoms with Crippen LogP contribution in [-0.4, -0.2) is 7.11 Å². The number of methoxy groups -OCH3 is 1. The number of hydrogen-bond donors (Lipinski definition) is 1. The third-order valence-electron chi connectivity index (χ3n) is 6.36. The van der Waals surface area contributed by atoms with Gasteiger partial charge in [-0.2, -0.15) is 0 Å². The molecule has 0 amide bonds. The topological polar surface area (TPSA) is 30.5 Å². The highest BCUT2D eigenvalue weighted by atomic mass is 79.9. The molecular formula is C26H20Br2Cl2FNO2. The molecule has 0 saturated carbocycles. The van der Waals surface area contributed by atoms with Gasteiger partial charge in [-0.15, -0.1) is 0 Å². The lowest BCUT2D eigenvalue weighted by molar-refractivity contribution is 0.282. The highest BCUT2D eigenvalue weighted by molar-refractivity contribution is 9.10. The average Bonchev–Trinajstić information content (AvgIpc) is 3.30. The van der Waals surface area contributed by atoms with Crippen molar-refractivity contribution in [2.24, 2.45) is 5.92 Å². The van der Waals surface area contributed by atoms with E-state index < -0.39 is 0 Å². The van der Waals surface area contributed by atoms with Crippen LogP contribution in [0.5, 0.6) is 11.5 Å². The first-order valence-corrected chi connectivity index (χ1v) is 13.1. The summed E-state index contributed by atoms with van der Waals surface area (Å²) < 4.78 is 28.2. The van der Waals surface area contributed by atoms with Crippen LogP contribution in [0.25, 0.3) is 0 Å². The van der Waals surface area contributed by atoms with Crippen molar-refractivity contribution < 1.29 is 13.9 Å². The summed E-state index contributed by atoms with van der Waals surface area (Å²) >= 11 is 19.2. The molecule has 176 valence electrons. The lowest BCUT2D eigenvalue weighted by atomic mass is 9.77. The van der Waals surface area contributed by atoms with Crippen LogP contribution in [0.1, 0.15) is 35.1 Å². The first-order chi connectivity index (χ1) is 16.4. The number of halogens is 5. The van der Waals surface area contributed by atoms with Gasteiger partial charge < -0.3 is 14.8 Å². The summed E-state index contributed by atoms with van der Waals surface area (Å²) in [6.45, 7) is 0.301. The lowest BCUT2D eigenvalue weighted by Gasteiger charge is -2.38. The van der Waals surface area contributed by atoms with Gasteiger partial charge in [-0.05, 0) is 81.4 Å². The summed E-state index contributed by atoms with van der Waals surface area (Å²) in [6, 6.07) is 12.8. The van der Waals surface area contributed by atoms with Gasteiger partial charge in [0.15, 0.2) is 11.5 Å². The Morgan fingerprint density at radius 1 is 1.09 bits per heavy atom. The molecular weight excluding hydrogens is 608 g/mol. The Morgan fingerprint density at radius 2 is 1.91 bits per heavy atom. The number of anilines is 1. The van der Waals surface area contributed by atoms with Gasteiger partial charge in [0, 0.05) is 10.4 Å². The number of rotatable bonds is 5. The van der Waals surface area contributed by atoms with Crippen molar-refractivity contribution in [1.82, 2.24) is 0 Å². The fraction of sp³-hybridized carbons (Fsp3) is 0.231. The minimum Gasteiger partial charge on any atom is -0.493 e. The molecule has 34 heavy (non-hydrogen) atoms. The van der Waals surface area contributed by atoms with Gasteiger partial charge in [0.05, 0.1) is 33.4 Å². The predicted octanol–water partition coefficient (Wildman–Crippen LogP) is 9.07. The minimum absolute atomic E-state index is 0.0857. The van der Waals surface area contributed by atoms with Crippen molar-refractivity contribution in [3.05, 3.63) is 96.1 Å². The van der Waals surface area contributed by atoms with E-state index >= 15 is 0 Å². The SMILES string of the molecule is COc1cc([C@@H]2Nc3c(F)cc(Br)cc3[C@@H]3C=CC[C@H]32)cc(Br)c1OCc1ccc(Cl)c(Cl)c1. The zero-order valence-corrected chi connectivity index (χ0v) is 22.7. The molecule has 5 rings (SSSR count). The average molecular weight is 628 g/mol.